The minimum atomic E-state index is 0.872. The summed E-state index contributed by atoms with van der Waals surface area (Å²) in [6, 6.07) is 18.6. The molecule has 0 bridgehead atoms. The van der Waals surface area contributed by atoms with Gasteiger partial charge in [0.1, 0.15) is 0 Å². The lowest BCUT2D eigenvalue weighted by Gasteiger charge is -2.19. The van der Waals surface area contributed by atoms with Crippen molar-refractivity contribution < 1.29 is 0 Å². The maximum atomic E-state index is 4.65. The zero-order chi connectivity index (χ0) is 13.1. The Balaban J connectivity index is 1.89. The lowest BCUT2D eigenvalue weighted by Crippen LogP contribution is -2.23. The number of aromatic amines is 1. The van der Waals surface area contributed by atoms with Crippen molar-refractivity contribution in [2.75, 3.05) is 11.4 Å². The molecule has 1 heterocycles. The van der Waals surface area contributed by atoms with E-state index in [2.05, 4.69) is 52.1 Å². The summed E-state index contributed by atoms with van der Waals surface area (Å²) in [6.45, 7) is 3.95. The van der Waals surface area contributed by atoms with E-state index in [4.69, 9.17) is 0 Å². The Morgan fingerprint density at radius 2 is 1.74 bits per heavy atom. The highest BCUT2D eigenvalue weighted by Gasteiger charge is 2.09. The molecule has 2 aromatic carbocycles. The van der Waals surface area contributed by atoms with E-state index in [0.717, 1.165) is 30.1 Å². The van der Waals surface area contributed by atoms with E-state index in [0.29, 0.717) is 0 Å². The number of aromatic nitrogens is 2. The molecule has 3 rings (SSSR count). The molecule has 0 unspecified atom stereocenters. The molecular weight excluding hydrogens is 234 g/mol. The fraction of sp³-hybridized carbons (Fsp3) is 0.188. The van der Waals surface area contributed by atoms with Crippen molar-refractivity contribution in [1.29, 1.82) is 0 Å². The lowest BCUT2D eigenvalue weighted by molar-refractivity contribution is 0.803. The second-order valence-corrected chi connectivity index (χ2v) is 4.58. The van der Waals surface area contributed by atoms with Crippen molar-refractivity contribution in [2.45, 2.75) is 13.5 Å². The van der Waals surface area contributed by atoms with E-state index in [1.807, 2.05) is 24.3 Å². The number of nitrogens with zero attached hydrogens (tertiary/aromatic N) is 2. The maximum Gasteiger partial charge on any atom is 0.204 e. The average Bonchev–Trinajstić information content (AvgIpc) is 2.89. The lowest BCUT2D eigenvalue weighted by atomic mass is 10.2. The summed E-state index contributed by atoms with van der Waals surface area (Å²) in [5.41, 5.74) is 3.40. The normalized spacial score (nSPS) is 10.8. The topological polar surface area (TPSA) is 31.9 Å². The predicted molar refractivity (Wildman–Crippen MR) is 79.3 cm³/mol. The van der Waals surface area contributed by atoms with Crippen LogP contribution in [0.25, 0.3) is 11.0 Å². The number of benzene rings is 2. The van der Waals surface area contributed by atoms with Gasteiger partial charge in [-0.25, -0.2) is 4.98 Å². The van der Waals surface area contributed by atoms with Crippen LogP contribution in [0.4, 0.5) is 5.95 Å². The van der Waals surface area contributed by atoms with E-state index < -0.39 is 0 Å². The van der Waals surface area contributed by atoms with Crippen LogP contribution in [-0.2, 0) is 6.54 Å². The fourth-order valence-electron chi connectivity index (χ4n) is 2.23. The van der Waals surface area contributed by atoms with Gasteiger partial charge in [-0.3, -0.25) is 0 Å². The molecule has 19 heavy (non-hydrogen) atoms. The standard InChI is InChI=1S/C16H17N3/c1-2-19(12-13-8-4-3-5-9-13)16-17-14-10-6-7-11-15(14)18-16/h3-11H,2,12H2,1H3,(H,17,18). The van der Waals surface area contributed by atoms with Crippen molar-refractivity contribution in [3.63, 3.8) is 0 Å². The fourth-order valence-corrected chi connectivity index (χ4v) is 2.23. The van der Waals surface area contributed by atoms with Crippen LogP contribution < -0.4 is 4.90 Å². The third-order valence-corrected chi connectivity index (χ3v) is 3.27. The molecule has 96 valence electrons. The van der Waals surface area contributed by atoms with Crippen LogP contribution in [0.15, 0.2) is 54.6 Å². The Hall–Kier alpha value is -2.29. The number of hydrogen-bond donors (Lipinski definition) is 1. The van der Waals surface area contributed by atoms with Gasteiger partial charge in [0, 0.05) is 13.1 Å². The summed E-state index contributed by atoms with van der Waals surface area (Å²) in [7, 11) is 0. The van der Waals surface area contributed by atoms with E-state index in [-0.39, 0.29) is 0 Å². The van der Waals surface area contributed by atoms with Gasteiger partial charge in [-0.15, -0.1) is 0 Å². The molecule has 1 aromatic heterocycles. The molecule has 0 aliphatic heterocycles. The largest absolute Gasteiger partial charge is 0.338 e. The number of para-hydroxylation sites is 2. The van der Waals surface area contributed by atoms with Gasteiger partial charge in [-0.2, -0.15) is 0 Å². The second-order valence-electron chi connectivity index (χ2n) is 4.58. The molecule has 1 N–H and O–H groups in total. The van der Waals surface area contributed by atoms with E-state index >= 15 is 0 Å². The third kappa shape index (κ3) is 2.45. The highest BCUT2D eigenvalue weighted by atomic mass is 15.3. The Morgan fingerprint density at radius 3 is 2.47 bits per heavy atom. The first kappa shape index (κ1) is 11.8. The van der Waals surface area contributed by atoms with Crippen molar-refractivity contribution in [1.82, 2.24) is 9.97 Å². The van der Waals surface area contributed by atoms with Crippen LogP contribution in [0.2, 0.25) is 0 Å². The Labute approximate surface area is 112 Å². The Bertz CT molecular complexity index is 625. The zero-order valence-corrected chi connectivity index (χ0v) is 11.0. The smallest absolute Gasteiger partial charge is 0.204 e. The highest BCUT2D eigenvalue weighted by molar-refractivity contribution is 5.77. The molecule has 0 fully saturated rings. The summed E-state index contributed by atoms with van der Waals surface area (Å²) < 4.78 is 0. The van der Waals surface area contributed by atoms with Gasteiger partial charge in [-0.1, -0.05) is 42.5 Å². The molecule has 3 nitrogen and oxygen atoms in total. The summed E-state index contributed by atoms with van der Waals surface area (Å²) in [5.74, 6) is 0.938. The van der Waals surface area contributed by atoms with Crippen LogP contribution in [0, 0.1) is 0 Å². The average molecular weight is 251 g/mol. The van der Waals surface area contributed by atoms with Crippen LogP contribution in [0.1, 0.15) is 12.5 Å². The molecule has 3 heteroatoms. The summed E-state index contributed by atoms with van der Waals surface area (Å²) in [4.78, 5) is 10.3. The van der Waals surface area contributed by atoms with Gasteiger partial charge in [0.2, 0.25) is 5.95 Å². The van der Waals surface area contributed by atoms with Crippen LogP contribution >= 0.6 is 0 Å². The Morgan fingerprint density at radius 1 is 1.00 bits per heavy atom. The monoisotopic (exact) mass is 251 g/mol. The van der Waals surface area contributed by atoms with Gasteiger partial charge >= 0.3 is 0 Å². The first-order valence-corrected chi connectivity index (χ1v) is 6.60. The molecule has 0 spiro atoms. The summed E-state index contributed by atoms with van der Waals surface area (Å²) in [6.07, 6.45) is 0. The molecule has 0 saturated carbocycles. The van der Waals surface area contributed by atoms with Crippen molar-refractivity contribution in [3.8, 4) is 0 Å². The number of H-pyrrole nitrogens is 1. The minimum Gasteiger partial charge on any atom is -0.338 e. The first-order chi connectivity index (χ1) is 9.36. The Kier molecular flexibility index (Phi) is 3.19. The third-order valence-electron chi connectivity index (χ3n) is 3.27. The predicted octanol–water partition coefficient (Wildman–Crippen LogP) is 3.59. The van der Waals surface area contributed by atoms with Gasteiger partial charge in [0.15, 0.2) is 0 Å². The van der Waals surface area contributed by atoms with Crippen LogP contribution in [-0.4, -0.2) is 16.5 Å². The molecule has 0 radical (unpaired) electrons. The van der Waals surface area contributed by atoms with Crippen molar-refractivity contribution in [2.24, 2.45) is 0 Å². The number of rotatable bonds is 4. The highest BCUT2D eigenvalue weighted by Crippen LogP contribution is 2.18. The van der Waals surface area contributed by atoms with E-state index in [1.54, 1.807) is 0 Å². The molecule has 0 aliphatic rings. The molecule has 3 aromatic rings. The van der Waals surface area contributed by atoms with E-state index in [9.17, 15) is 0 Å². The van der Waals surface area contributed by atoms with Gasteiger partial charge in [0.05, 0.1) is 11.0 Å². The first-order valence-electron chi connectivity index (χ1n) is 6.60. The maximum absolute atomic E-state index is 4.65. The number of fused-ring (bicyclic) bond motifs is 1. The SMILES string of the molecule is CCN(Cc1ccccc1)c1nc2ccccc2[nH]1. The van der Waals surface area contributed by atoms with Gasteiger partial charge < -0.3 is 9.88 Å². The number of nitrogens with one attached hydrogen (secondary N) is 1. The van der Waals surface area contributed by atoms with Crippen molar-refractivity contribution >= 4 is 17.0 Å². The van der Waals surface area contributed by atoms with Crippen LogP contribution in [0.5, 0.6) is 0 Å². The van der Waals surface area contributed by atoms with E-state index in [1.165, 1.54) is 5.56 Å². The van der Waals surface area contributed by atoms with Crippen LogP contribution in [0.3, 0.4) is 0 Å². The second kappa shape index (κ2) is 5.14. The zero-order valence-electron chi connectivity index (χ0n) is 11.0. The quantitative estimate of drug-likeness (QED) is 0.768. The summed E-state index contributed by atoms with van der Waals surface area (Å²) in [5, 5.41) is 0. The molecule has 0 atom stereocenters. The number of anilines is 1. The molecule has 0 saturated heterocycles. The molecular formula is C16H17N3. The van der Waals surface area contributed by atoms with Gasteiger partial charge in [-0.05, 0) is 24.6 Å². The summed E-state index contributed by atoms with van der Waals surface area (Å²) >= 11 is 0. The molecule has 0 amide bonds. The number of hydrogen-bond acceptors (Lipinski definition) is 2. The molecule has 0 aliphatic carbocycles. The van der Waals surface area contributed by atoms with Crippen molar-refractivity contribution in [3.05, 3.63) is 60.2 Å². The minimum absolute atomic E-state index is 0.872. The van der Waals surface area contributed by atoms with Gasteiger partial charge in [0.25, 0.3) is 0 Å². The number of imidazole rings is 1.